The first kappa shape index (κ1) is 25.0. The molecule has 0 unspecified atom stereocenters. The van der Waals surface area contributed by atoms with E-state index in [0.29, 0.717) is 29.8 Å². The second-order valence-corrected chi connectivity index (χ2v) is 10.1. The topological polar surface area (TPSA) is 105 Å². The Morgan fingerprint density at radius 3 is 2.08 bits per heavy atom. The summed E-state index contributed by atoms with van der Waals surface area (Å²) >= 11 is 0. The second-order valence-electron chi connectivity index (χ2n) is 8.38. The first-order chi connectivity index (χ1) is 17.2. The van der Waals surface area contributed by atoms with Crippen LogP contribution in [0.1, 0.15) is 23.7 Å². The van der Waals surface area contributed by atoms with E-state index in [0.717, 1.165) is 22.6 Å². The van der Waals surface area contributed by atoms with Crippen molar-refractivity contribution in [2.75, 3.05) is 22.0 Å². The number of nitrogens with zero attached hydrogens (tertiary/aromatic N) is 2. The molecule has 36 heavy (non-hydrogen) atoms. The molecule has 0 aliphatic rings. The van der Waals surface area contributed by atoms with Gasteiger partial charge in [-0.15, -0.1) is 0 Å². The Kier molecular flexibility index (Phi) is 7.40. The van der Waals surface area contributed by atoms with Crippen molar-refractivity contribution < 1.29 is 13.2 Å². The van der Waals surface area contributed by atoms with Crippen molar-refractivity contribution in [1.29, 1.82) is 0 Å². The van der Waals surface area contributed by atoms with Gasteiger partial charge in [0.1, 0.15) is 11.6 Å². The predicted octanol–water partition coefficient (Wildman–Crippen LogP) is 6.09. The number of nitrogens with one attached hydrogen (secondary N) is 3. The first-order valence-electron chi connectivity index (χ1n) is 11.5. The molecule has 0 atom stereocenters. The molecule has 0 saturated heterocycles. The van der Waals surface area contributed by atoms with E-state index in [-0.39, 0.29) is 4.90 Å². The zero-order valence-corrected chi connectivity index (χ0v) is 21.5. The Morgan fingerprint density at radius 1 is 0.778 bits per heavy atom. The highest BCUT2D eigenvalue weighted by Crippen LogP contribution is 2.25. The lowest BCUT2D eigenvalue weighted by molar-refractivity contribution is 0.337. The number of hydrogen-bond donors (Lipinski definition) is 3. The van der Waals surface area contributed by atoms with Gasteiger partial charge >= 0.3 is 0 Å². The third-order valence-corrected chi connectivity index (χ3v) is 6.71. The van der Waals surface area contributed by atoms with Gasteiger partial charge in [0.15, 0.2) is 0 Å². The first-order valence-corrected chi connectivity index (χ1v) is 13.0. The van der Waals surface area contributed by atoms with Gasteiger partial charge in [0, 0.05) is 28.8 Å². The van der Waals surface area contributed by atoms with Crippen LogP contribution in [0, 0.1) is 20.8 Å². The van der Waals surface area contributed by atoms with Crippen LogP contribution >= 0.6 is 0 Å². The molecule has 0 bridgehead atoms. The van der Waals surface area contributed by atoms with Crippen molar-refractivity contribution in [1.82, 2.24) is 9.97 Å². The molecule has 4 aromatic rings. The molecular formula is C27H29N5O3S. The molecule has 0 aliphatic carbocycles. The summed E-state index contributed by atoms with van der Waals surface area (Å²) in [6.45, 7) is 8.16. The molecule has 0 fully saturated rings. The summed E-state index contributed by atoms with van der Waals surface area (Å²) in [5.74, 6) is 1.77. The van der Waals surface area contributed by atoms with Crippen LogP contribution in [-0.2, 0) is 10.0 Å². The van der Waals surface area contributed by atoms with Crippen LogP contribution in [-0.4, -0.2) is 25.0 Å². The SMILES string of the molecule is CCOc1ccc(S(=O)(=O)Nc2ccc(Nc3cc(C)nc(Nc4ccc(C)cc4)n3)cc2)cc1C. The highest BCUT2D eigenvalue weighted by Gasteiger charge is 2.16. The fourth-order valence-corrected chi connectivity index (χ4v) is 4.69. The van der Waals surface area contributed by atoms with Crippen LogP contribution in [0.4, 0.5) is 28.8 Å². The lowest BCUT2D eigenvalue weighted by Gasteiger charge is -2.13. The number of ether oxygens (including phenoxy) is 1. The fourth-order valence-electron chi connectivity index (χ4n) is 3.54. The fraction of sp³-hybridized carbons (Fsp3) is 0.185. The normalized spacial score (nSPS) is 11.1. The van der Waals surface area contributed by atoms with E-state index in [4.69, 9.17) is 4.74 Å². The number of rotatable bonds is 9. The summed E-state index contributed by atoms with van der Waals surface area (Å²) in [6, 6.07) is 21.6. The maximum atomic E-state index is 12.9. The molecule has 186 valence electrons. The molecule has 0 amide bonds. The lowest BCUT2D eigenvalue weighted by Crippen LogP contribution is -2.13. The average molecular weight is 504 g/mol. The molecule has 8 nitrogen and oxygen atoms in total. The van der Waals surface area contributed by atoms with E-state index >= 15 is 0 Å². The van der Waals surface area contributed by atoms with E-state index < -0.39 is 10.0 Å². The summed E-state index contributed by atoms with van der Waals surface area (Å²) in [6.07, 6.45) is 0. The quantitative estimate of drug-likeness (QED) is 0.254. The van der Waals surface area contributed by atoms with Crippen molar-refractivity contribution >= 4 is 38.9 Å². The Bertz CT molecular complexity index is 1450. The van der Waals surface area contributed by atoms with Crippen molar-refractivity contribution in [3.8, 4) is 5.75 Å². The molecule has 3 aromatic carbocycles. The van der Waals surface area contributed by atoms with Crippen LogP contribution in [0.25, 0.3) is 0 Å². The van der Waals surface area contributed by atoms with Crippen molar-refractivity contribution in [2.24, 2.45) is 0 Å². The average Bonchev–Trinajstić information content (AvgIpc) is 2.83. The zero-order chi connectivity index (χ0) is 25.7. The Morgan fingerprint density at radius 2 is 1.42 bits per heavy atom. The minimum absolute atomic E-state index is 0.177. The standard InChI is InChI=1S/C27H29N5O3S/c1-5-35-25-15-14-24(16-19(25)3)36(33,34)32-23-12-10-21(11-13-23)29-26-17-20(4)28-27(31-26)30-22-8-6-18(2)7-9-22/h6-17,32H,5H2,1-4H3,(H2,28,29,30,31). The van der Waals surface area contributed by atoms with E-state index in [9.17, 15) is 8.42 Å². The van der Waals surface area contributed by atoms with Gasteiger partial charge in [0.2, 0.25) is 5.95 Å². The van der Waals surface area contributed by atoms with Crippen molar-refractivity contribution in [2.45, 2.75) is 32.6 Å². The zero-order valence-electron chi connectivity index (χ0n) is 20.7. The molecular weight excluding hydrogens is 474 g/mol. The van der Waals surface area contributed by atoms with Crippen LogP contribution in [0.3, 0.4) is 0 Å². The number of aromatic nitrogens is 2. The summed E-state index contributed by atoms with van der Waals surface area (Å²) < 4.78 is 33.8. The van der Waals surface area contributed by atoms with Gasteiger partial charge in [-0.25, -0.2) is 13.4 Å². The molecule has 0 spiro atoms. The van der Waals surface area contributed by atoms with Gasteiger partial charge in [-0.05, 0) is 87.9 Å². The number of aryl methyl sites for hydroxylation is 3. The smallest absolute Gasteiger partial charge is 0.261 e. The van der Waals surface area contributed by atoms with Crippen LogP contribution in [0.5, 0.6) is 5.75 Å². The number of benzene rings is 3. The second kappa shape index (κ2) is 10.7. The predicted molar refractivity (Wildman–Crippen MR) is 144 cm³/mol. The number of anilines is 5. The van der Waals surface area contributed by atoms with E-state index in [1.165, 1.54) is 11.6 Å². The van der Waals surface area contributed by atoms with Crippen molar-refractivity contribution in [3.05, 3.63) is 89.6 Å². The molecule has 0 radical (unpaired) electrons. The van der Waals surface area contributed by atoms with E-state index in [1.807, 2.05) is 58.0 Å². The van der Waals surface area contributed by atoms with Gasteiger partial charge in [0.25, 0.3) is 10.0 Å². The summed E-state index contributed by atoms with van der Waals surface area (Å²) in [4.78, 5) is 9.17. The minimum atomic E-state index is -3.74. The number of hydrogen-bond acceptors (Lipinski definition) is 7. The van der Waals surface area contributed by atoms with Crippen LogP contribution in [0.2, 0.25) is 0 Å². The van der Waals surface area contributed by atoms with E-state index in [2.05, 4.69) is 25.3 Å². The molecule has 9 heteroatoms. The van der Waals surface area contributed by atoms with Crippen LogP contribution < -0.4 is 20.1 Å². The Labute approximate surface area is 211 Å². The molecule has 0 aliphatic heterocycles. The maximum absolute atomic E-state index is 12.9. The van der Waals surface area contributed by atoms with E-state index in [1.54, 1.807) is 36.4 Å². The third-order valence-electron chi connectivity index (χ3n) is 5.33. The number of sulfonamides is 1. The highest BCUT2D eigenvalue weighted by atomic mass is 32.2. The molecule has 1 aromatic heterocycles. The van der Waals surface area contributed by atoms with Gasteiger partial charge in [-0.2, -0.15) is 4.98 Å². The molecule has 1 heterocycles. The Hall–Kier alpha value is -4.11. The van der Waals surface area contributed by atoms with Gasteiger partial charge in [-0.3, -0.25) is 4.72 Å². The summed E-state index contributed by atoms with van der Waals surface area (Å²) in [5.41, 5.74) is 4.85. The molecule has 0 saturated carbocycles. The van der Waals surface area contributed by atoms with Gasteiger partial charge in [0.05, 0.1) is 11.5 Å². The monoisotopic (exact) mass is 503 g/mol. The van der Waals surface area contributed by atoms with Gasteiger partial charge < -0.3 is 15.4 Å². The lowest BCUT2D eigenvalue weighted by atomic mass is 10.2. The van der Waals surface area contributed by atoms with Crippen LogP contribution in [0.15, 0.2) is 77.7 Å². The van der Waals surface area contributed by atoms with Crippen molar-refractivity contribution in [3.63, 3.8) is 0 Å². The largest absolute Gasteiger partial charge is 0.494 e. The third kappa shape index (κ3) is 6.31. The summed E-state index contributed by atoms with van der Waals surface area (Å²) in [7, 11) is -3.74. The maximum Gasteiger partial charge on any atom is 0.261 e. The minimum Gasteiger partial charge on any atom is -0.494 e. The molecule has 3 N–H and O–H groups in total. The highest BCUT2D eigenvalue weighted by molar-refractivity contribution is 7.92. The Balaban J connectivity index is 1.45. The molecule has 4 rings (SSSR count). The van der Waals surface area contributed by atoms with Gasteiger partial charge in [-0.1, -0.05) is 17.7 Å². The summed E-state index contributed by atoms with van der Waals surface area (Å²) in [5, 5.41) is 6.46.